The number of nitrogens with one attached hydrogen (secondary N) is 1. The van der Waals surface area contributed by atoms with E-state index in [0.29, 0.717) is 10.7 Å². The van der Waals surface area contributed by atoms with Crippen LogP contribution in [0.1, 0.15) is 44.4 Å². The molecule has 0 saturated carbocycles. The van der Waals surface area contributed by atoms with Crippen LogP contribution in [-0.4, -0.2) is 43.3 Å². The molecule has 9 heteroatoms. The summed E-state index contributed by atoms with van der Waals surface area (Å²) >= 11 is 6.05. The smallest absolute Gasteiger partial charge is 0.264 e. The number of carbonyl (C=O) groups is 2. The van der Waals surface area contributed by atoms with E-state index in [1.54, 1.807) is 61.5 Å². The Bertz CT molecular complexity index is 1400. The van der Waals surface area contributed by atoms with E-state index in [-0.39, 0.29) is 17.3 Å². The Morgan fingerprint density at radius 2 is 1.49 bits per heavy atom. The third-order valence-corrected chi connectivity index (χ3v) is 8.08. The van der Waals surface area contributed by atoms with E-state index in [0.717, 1.165) is 21.0 Å². The van der Waals surface area contributed by atoms with Crippen LogP contribution in [0.2, 0.25) is 5.02 Å². The molecule has 3 rings (SSSR count). The van der Waals surface area contributed by atoms with Crippen molar-refractivity contribution in [3.8, 4) is 0 Å². The Labute approximate surface area is 236 Å². The fraction of sp³-hybridized carbons (Fsp3) is 0.333. The molecule has 3 aromatic rings. The Kier molecular flexibility index (Phi) is 9.46. The van der Waals surface area contributed by atoms with Crippen LogP contribution in [0.5, 0.6) is 0 Å². The summed E-state index contributed by atoms with van der Waals surface area (Å²) in [5, 5.41) is 3.47. The Morgan fingerprint density at radius 3 is 2.03 bits per heavy atom. The molecule has 208 valence electrons. The number of nitrogens with zero attached hydrogens (tertiary/aromatic N) is 2. The molecule has 0 fully saturated rings. The summed E-state index contributed by atoms with van der Waals surface area (Å²) in [6.45, 7) is 10.6. The average molecular weight is 570 g/mol. The third kappa shape index (κ3) is 8.07. The quantitative estimate of drug-likeness (QED) is 0.369. The van der Waals surface area contributed by atoms with Gasteiger partial charge in [0, 0.05) is 17.1 Å². The summed E-state index contributed by atoms with van der Waals surface area (Å²) in [4.78, 5) is 28.6. The minimum Gasteiger partial charge on any atom is -0.350 e. The molecule has 0 heterocycles. The predicted octanol–water partition coefficient (Wildman–Crippen LogP) is 5.48. The normalized spacial score (nSPS) is 12.5. The highest BCUT2D eigenvalue weighted by Gasteiger charge is 2.33. The van der Waals surface area contributed by atoms with E-state index < -0.39 is 34.1 Å². The highest BCUT2D eigenvalue weighted by atomic mass is 35.5. The second-order valence-corrected chi connectivity index (χ2v) is 13.0. The second-order valence-electron chi connectivity index (χ2n) is 10.7. The lowest BCUT2D eigenvalue weighted by atomic mass is 10.1. The summed E-state index contributed by atoms with van der Waals surface area (Å²) in [5.41, 5.74) is 2.35. The molecule has 0 aromatic heterocycles. The maximum Gasteiger partial charge on any atom is 0.264 e. The van der Waals surface area contributed by atoms with Crippen LogP contribution in [0.4, 0.5) is 5.69 Å². The first-order chi connectivity index (χ1) is 18.2. The molecule has 0 radical (unpaired) electrons. The third-order valence-electron chi connectivity index (χ3n) is 6.04. The molecule has 7 nitrogen and oxygen atoms in total. The minimum absolute atomic E-state index is 0.0692. The van der Waals surface area contributed by atoms with E-state index in [1.807, 2.05) is 40.7 Å². The zero-order chi connectivity index (χ0) is 29.0. The maximum atomic E-state index is 14.0. The topological polar surface area (TPSA) is 86.8 Å². The first-order valence-electron chi connectivity index (χ1n) is 12.7. The molecule has 0 aliphatic heterocycles. The largest absolute Gasteiger partial charge is 0.350 e. The summed E-state index contributed by atoms with van der Waals surface area (Å²) in [7, 11) is -4.10. The summed E-state index contributed by atoms with van der Waals surface area (Å²) in [5.74, 6) is -0.853. The van der Waals surface area contributed by atoms with Gasteiger partial charge in [-0.2, -0.15) is 0 Å². The molecule has 0 aliphatic rings. The van der Waals surface area contributed by atoms with Crippen LogP contribution in [0.25, 0.3) is 0 Å². The first kappa shape index (κ1) is 30.2. The predicted molar refractivity (Wildman–Crippen MR) is 156 cm³/mol. The van der Waals surface area contributed by atoms with Crippen LogP contribution in [-0.2, 0) is 26.2 Å². The Balaban J connectivity index is 2.05. The van der Waals surface area contributed by atoms with Crippen molar-refractivity contribution in [1.29, 1.82) is 0 Å². The van der Waals surface area contributed by atoms with Crippen molar-refractivity contribution in [3.05, 3.63) is 94.5 Å². The zero-order valence-corrected chi connectivity index (χ0v) is 24.8. The van der Waals surface area contributed by atoms with Gasteiger partial charge in [0.25, 0.3) is 10.0 Å². The van der Waals surface area contributed by atoms with Crippen LogP contribution in [0.3, 0.4) is 0 Å². The van der Waals surface area contributed by atoms with Gasteiger partial charge in [0.05, 0.1) is 10.6 Å². The molecule has 0 aliphatic carbocycles. The summed E-state index contributed by atoms with van der Waals surface area (Å²) in [6.07, 6.45) is 0. The van der Waals surface area contributed by atoms with E-state index in [9.17, 15) is 18.0 Å². The van der Waals surface area contributed by atoms with Gasteiger partial charge in [-0.25, -0.2) is 8.42 Å². The number of sulfonamides is 1. The number of halogens is 1. The van der Waals surface area contributed by atoms with Crippen LogP contribution in [0.15, 0.2) is 77.7 Å². The maximum absolute atomic E-state index is 14.0. The highest BCUT2D eigenvalue weighted by Crippen LogP contribution is 2.27. The Hall–Kier alpha value is -3.36. The molecule has 2 amide bonds. The van der Waals surface area contributed by atoms with E-state index in [2.05, 4.69) is 5.32 Å². The highest BCUT2D eigenvalue weighted by molar-refractivity contribution is 7.92. The number of hydrogen-bond donors (Lipinski definition) is 1. The van der Waals surface area contributed by atoms with Crippen molar-refractivity contribution in [2.24, 2.45) is 0 Å². The monoisotopic (exact) mass is 569 g/mol. The van der Waals surface area contributed by atoms with Crippen LogP contribution < -0.4 is 9.62 Å². The molecule has 1 atom stereocenters. The van der Waals surface area contributed by atoms with Gasteiger partial charge in [-0.1, -0.05) is 48.0 Å². The van der Waals surface area contributed by atoms with Gasteiger partial charge < -0.3 is 10.2 Å². The van der Waals surface area contributed by atoms with Crippen molar-refractivity contribution >= 4 is 39.1 Å². The van der Waals surface area contributed by atoms with Crippen molar-refractivity contribution in [1.82, 2.24) is 10.2 Å². The van der Waals surface area contributed by atoms with Gasteiger partial charge in [-0.3, -0.25) is 13.9 Å². The van der Waals surface area contributed by atoms with Crippen molar-refractivity contribution < 1.29 is 18.0 Å². The number of anilines is 1. The number of amides is 2. The zero-order valence-electron chi connectivity index (χ0n) is 23.2. The van der Waals surface area contributed by atoms with E-state index in [1.165, 1.54) is 17.0 Å². The molecule has 0 spiro atoms. The number of carbonyl (C=O) groups excluding carboxylic acids is 2. The molecule has 0 unspecified atom stereocenters. The standard InChI is InChI=1S/C30H36ClN3O4S/c1-21-16-22(2)18-26(17-21)34(39(37,38)27-10-8-7-9-11-27)20-28(35)33(19-24-12-14-25(31)15-13-24)23(3)29(36)32-30(4,5)6/h7-18,23H,19-20H2,1-6H3,(H,32,36)/t23-/m1/s1. The van der Waals surface area contributed by atoms with Gasteiger partial charge in [0.15, 0.2) is 0 Å². The lowest BCUT2D eigenvalue weighted by Crippen LogP contribution is -2.54. The molecule has 0 bridgehead atoms. The van der Waals surface area contributed by atoms with Crippen molar-refractivity contribution in [2.75, 3.05) is 10.8 Å². The van der Waals surface area contributed by atoms with Gasteiger partial charge >= 0.3 is 0 Å². The van der Waals surface area contributed by atoms with Crippen LogP contribution >= 0.6 is 11.6 Å². The van der Waals surface area contributed by atoms with Gasteiger partial charge in [0.2, 0.25) is 11.8 Å². The lowest BCUT2D eigenvalue weighted by molar-refractivity contribution is -0.140. The molecular formula is C30H36ClN3O4S. The van der Waals surface area contributed by atoms with Crippen LogP contribution in [0, 0.1) is 13.8 Å². The summed E-state index contributed by atoms with van der Waals surface area (Å²) < 4.78 is 28.8. The average Bonchev–Trinajstić information content (AvgIpc) is 2.85. The van der Waals surface area contributed by atoms with Gasteiger partial charge in [0.1, 0.15) is 12.6 Å². The lowest BCUT2D eigenvalue weighted by Gasteiger charge is -2.33. The molecule has 0 saturated heterocycles. The summed E-state index contributed by atoms with van der Waals surface area (Å²) in [6, 6.07) is 19.5. The molecule has 3 aromatic carbocycles. The molecule has 39 heavy (non-hydrogen) atoms. The number of rotatable bonds is 9. The van der Waals surface area contributed by atoms with Gasteiger partial charge in [-0.15, -0.1) is 0 Å². The number of aryl methyl sites for hydroxylation is 2. The van der Waals surface area contributed by atoms with Crippen molar-refractivity contribution in [3.63, 3.8) is 0 Å². The fourth-order valence-electron chi connectivity index (χ4n) is 4.19. The SMILES string of the molecule is Cc1cc(C)cc(N(CC(=O)N(Cc2ccc(Cl)cc2)[C@H](C)C(=O)NC(C)(C)C)S(=O)(=O)c2ccccc2)c1. The molecule has 1 N–H and O–H groups in total. The van der Waals surface area contributed by atoms with E-state index >= 15 is 0 Å². The number of hydrogen-bond acceptors (Lipinski definition) is 4. The van der Waals surface area contributed by atoms with Gasteiger partial charge in [-0.05, 0) is 94.6 Å². The second kappa shape index (κ2) is 12.2. The Morgan fingerprint density at radius 1 is 0.923 bits per heavy atom. The number of benzene rings is 3. The first-order valence-corrected chi connectivity index (χ1v) is 14.5. The minimum atomic E-state index is -4.10. The fourth-order valence-corrected chi connectivity index (χ4v) is 5.73. The van der Waals surface area contributed by atoms with E-state index in [4.69, 9.17) is 11.6 Å². The van der Waals surface area contributed by atoms with Crippen molar-refractivity contribution in [2.45, 2.75) is 64.6 Å². The molecular weight excluding hydrogens is 534 g/mol.